The quantitative estimate of drug-likeness (QED) is 0.881. The lowest BCUT2D eigenvalue weighted by molar-refractivity contribution is -0.133. The second kappa shape index (κ2) is 5.40. The molecule has 0 saturated carbocycles. The molecule has 0 spiro atoms. The van der Waals surface area contributed by atoms with Gasteiger partial charge in [0.25, 0.3) is 0 Å². The lowest BCUT2D eigenvalue weighted by atomic mass is 9.82. The van der Waals surface area contributed by atoms with Gasteiger partial charge in [0.2, 0.25) is 0 Å². The number of hydrogen-bond donors (Lipinski definition) is 2. The molecule has 2 heterocycles. The monoisotopic (exact) mass is 288 g/mol. The molecular weight excluding hydrogens is 272 g/mol. The number of carboxylic acids is 2. The number of carboxylic acid groups (broad SMARTS) is 2. The molecule has 1 aromatic heterocycles. The van der Waals surface area contributed by atoms with Crippen LogP contribution in [0.4, 0.5) is 0 Å². The van der Waals surface area contributed by atoms with Crippen molar-refractivity contribution in [3.63, 3.8) is 0 Å². The third-order valence-corrected chi connectivity index (χ3v) is 3.81. The number of pyridine rings is 1. The van der Waals surface area contributed by atoms with E-state index < -0.39 is 17.9 Å². The van der Waals surface area contributed by atoms with Gasteiger partial charge in [-0.25, -0.2) is 9.59 Å². The Bertz CT molecular complexity index is 624. The van der Waals surface area contributed by atoms with Crippen LogP contribution in [0.2, 0.25) is 0 Å². The molecular formula is C15H16N2O4. The Morgan fingerprint density at radius 2 is 1.62 bits per heavy atom. The van der Waals surface area contributed by atoms with Crippen LogP contribution in [-0.2, 0) is 9.59 Å². The summed E-state index contributed by atoms with van der Waals surface area (Å²) in [5, 5.41) is 19.0. The van der Waals surface area contributed by atoms with E-state index in [1.807, 2.05) is 0 Å². The molecule has 21 heavy (non-hydrogen) atoms. The van der Waals surface area contributed by atoms with Crippen LogP contribution < -0.4 is 0 Å². The first-order valence-electron chi connectivity index (χ1n) is 6.39. The van der Waals surface area contributed by atoms with Crippen LogP contribution in [0.5, 0.6) is 0 Å². The van der Waals surface area contributed by atoms with Gasteiger partial charge in [0, 0.05) is 24.6 Å². The minimum atomic E-state index is -1.14. The van der Waals surface area contributed by atoms with Gasteiger partial charge in [0.1, 0.15) is 0 Å². The van der Waals surface area contributed by atoms with Crippen molar-refractivity contribution in [3.05, 3.63) is 52.6 Å². The predicted molar refractivity (Wildman–Crippen MR) is 75.4 cm³/mol. The molecule has 0 aromatic carbocycles. The highest BCUT2D eigenvalue weighted by molar-refractivity contribution is 5.98. The van der Waals surface area contributed by atoms with Gasteiger partial charge >= 0.3 is 11.9 Å². The first-order valence-corrected chi connectivity index (χ1v) is 6.39. The van der Waals surface area contributed by atoms with Crippen molar-refractivity contribution < 1.29 is 19.8 Å². The third kappa shape index (κ3) is 2.40. The highest BCUT2D eigenvalue weighted by atomic mass is 16.4. The summed E-state index contributed by atoms with van der Waals surface area (Å²) in [7, 11) is 1.66. The maximum atomic E-state index is 11.6. The molecule has 1 aliphatic rings. The SMILES string of the molecule is CC1=C(C(=O)O)C(c2ccccn2)C(C(=O)O)=C(C)N1C. The molecule has 0 atom stereocenters. The van der Waals surface area contributed by atoms with Crippen molar-refractivity contribution in [2.45, 2.75) is 19.8 Å². The van der Waals surface area contributed by atoms with Crippen LogP contribution in [0, 0.1) is 0 Å². The Balaban J connectivity index is 2.74. The molecule has 6 heteroatoms. The van der Waals surface area contributed by atoms with E-state index in [4.69, 9.17) is 0 Å². The first-order chi connectivity index (χ1) is 9.86. The van der Waals surface area contributed by atoms with Crippen molar-refractivity contribution in [1.29, 1.82) is 0 Å². The molecule has 110 valence electrons. The van der Waals surface area contributed by atoms with Crippen LogP contribution in [0.3, 0.4) is 0 Å². The summed E-state index contributed by atoms with van der Waals surface area (Å²) < 4.78 is 0. The molecule has 6 nitrogen and oxygen atoms in total. The number of allylic oxidation sites excluding steroid dienone is 2. The Kier molecular flexibility index (Phi) is 3.80. The topological polar surface area (TPSA) is 90.7 Å². The molecule has 0 fully saturated rings. The molecule has 0 bridgehead atoms. The summed E-state index contributed by atoms with van der Waals surface area (Å²) in [6.07, 6.45) is 1.53. The molecule has 0 amide bonds. The van der Waals surface area contributed by atoms with Gasteiger partial charge in [-0.3, -0.25) is 4.98 Å². The number of nitrogens with zero attached hydrogens (tertiary/aromatic N) is 2. The number of aromatic nitrogens is 1. The van der Waals surface area contributed by atoms with Crippen LogP contribution >= 0.6 is 0 Å². The van der Waals surface area contributed by atoms with E-state index >= 15 is 0 Å². The Morgan fingerprint density at radius 3 is 2.00 bits per heavy atom. The molecule has 0 unspecified atom stereocenters. The maximum absolute atomic E-state index is 11.6. The van der Waals surface area contributed by atoms with E-state index in [2.05, 4.69) is 4.98 Å². The van der Waals surface area contributed by atoms with Crippen molar-refractivity contribution >= 4 is 11.9 Å². The molecule has 0 aliphatic carbocycles. The van der Waals surface area contributed by atoms with Gasteiger partial charge in [-0.2, -0.15) is 0 Å². The van der Waals surface area contributed by atoms with E-state index in [9.17, 15) is 19.8 Å². The van der Waals surface area contributed by atoms with Crippen LogP contribution in [0.25, 0.3) is 0 Å². The highest BCUT2D eigenvalue weighted by Gasteiger charge is 2.38. The van der Waals surface area contributed by atoms with E-state index in [0.29, 0.717) is 17.1 Å². The lowest BCUT2D eigenvalue weighted by Gasteiger charge is -2.34. The fraction of sp³-hybridized carbons (Fsp3) is 0.267. The largest absolute Gasteiger partial charge is 0.478 e. The Morgan fingerprint density at radius 1 is 1.10 bits per heavy atom. The maximum Gasteiger partial charge on any atom is 0.334 e. The number of carbonyl (C=O) groups is 2. The van der Waals surface area contributed by atoms with Crippen LogP contribution in [0.15, 0.2) is 46.9 Å². The summed E-state index contributed by atoms with van der Waals surface area (Å²) in [4.78, 5) is 29.0. The molecule has 1 aromatic rings. The van der Waals surface area contributed by atoms with Crippen molar-refractivity contribution in [1.82, 2.24) is 9.88 Å². The summed E-state index contributed by atoms with van der Waals surface area (Å²) >= 11 is 0. The average molecular weight is 288 g/mol. The van der Waals surface area contributed by atoms with Crippen LogP contribution in [-0.4, -0.2) is 39.1 Å². The predicted octanol–water partition coefficient (Wildman–Crippen LogP) is 1.83. The highest BCUT2D eigenvalue weighted by Crippen LogP contribution is 2.40. The zero-order chi connectivity index (χ0) is 15.7. The van der Waals surface area contributed by atoms with Gasteiger partial charge in [-0.15, -0.1) is 0 Å². The third-order valence-electron chi connectivity index (χ3n) is 3.81. The molecule has 2 rings (SSSR count). The average Bonchev–Trinajstić information content (AvgIpc) is 2.44. The molecule has 2 N–H and O–H groups in total. The van der Waals surface area contributed by atoms with Gasteiger partial charge in [0.05, 0.1) is 22.8 Å². The van der Waals surface area contributed by atoms with Gasteiger partial charge in [-0.1, -0.05) is 6.07 Å². The summed E-state index contributed by atoms with van der Waals surface area (Å²) in [5.41, 5.74) is 1.53. The van der Waals surface area contributed by atoms with Crippen LogP contribution in [0.1, 0.15) is 25.5 Å². The zero-order valence-corrected chi connectivity index (χ0v) is 12.0. The standard InChI is InChI=1S/C15H16N2O4/c1-8-11(14(18)19)13(10-6-4-5-7-16-10)12(15(20)21)9(2)17(8)3/h4-7,13H,1-3H3,(H,18,19)(H,20,21). The molecule has 1 aliphatic heterocycles. The number of hydrogen-bond acceptors (Lipinski definition) is 4. The molecule has 0 radical (unpaired) electrons. The van der Waals surface area contributed by atoms with E-state index in [-0.39, 0.29) is 11.1 Å². The fourth-order valence-electron chi connectivity index (χ4n) is 2.57. The first kappa shape index (κ1) is 14.8. The van der Waals surface area contributed by atoms with E-state index in [1.54, 1.807) is 44.0 Å². The lowest BCUT2D eigenvalue weighted by Crippen LogP contribution is -2.32. The van der Waals surface area contributed by atoms with Gasteiger partial charge in [0.15, 0.2) is 0 Å². The Hall–Kier alpha value is -2.63. The number of aliphatic carboxylic acids is 2. The van der Waals surface area contributed by atoms with Crippen molar-refractivity contribution in [3.8, 4) is 0 Å². The number of rotatable bonds is 3. The molecule has 0 saturated heterocycles. The smallest absolute Gasteiger partial charge is 0.334 e. The van der Waals surface area contributed by atoms with Gasteiger partial charge < -0.3 is 15.1 Å². The van der Waals surface area contributed by atoms with Gasteiger partial charge in [-0.05, 0) is 26.0 Å². The second-order valence-electron chi connectivity index (χ2n) is 4.86. The van der Waals surface area contributed by atoms with Crippen molar-refractivity contribution in [2.24, 2.45) is 0 Å². The van der Waals surface area contributed by atoms with Crippen molar-refractivity contribution in [2.75, 3.05) is 7.05 Å². The van der Waals surface area contributed by atoms with E-state index in [0.717, 1.165) is 0 Å². The fourth-order valence-corrected chi connectivity index (χ4v) is 2.57. The zero-order valence-electron chi connectivity index (χ0n) is 12.0. The summed E-state index contributed by atoms with van der Waals surface area (Å²) in [6.45, 7) is 3.34. The minimum Gasteiger partial charge on any atom is -0.478 e. The Labute approximate surface area is 122 Å². The second-order valence-corrected chi connectivity index (χ2v) is 4.86. The minimum absolute atomic E-state index is 0.0409. The van der Waals surface area contributed by atoms with E-state index in [1.165, 1.54) is 6.20 Å². The summed E-state index contributed by atoms with van der Waals surface area (Å²) in [6, 6.07) is 5.05. The normalized spacial score (nSPS) is 16.4. The summed E-state index contributed by atoms with van der Waals surface area (Å²) in [5.74, 6) is -3.15.